The molecule has 0 radical (unpaired) electrons. The average Bonchev–Trinajstić information content (AvgIpc) is 2.63. The molecule has 0 fully saturated rings. The minimum Gasteiger partial charge on any atom is -0.376 e. The summed E-state index contributed by atoms with van der Waals surface area (Å²) in [4.78, 5) is 0. The summed E-state index contributed by atoms with van der Waals surface area (Å²) < 4.78 is 5.81. The molecule has 1 aromatic carbocycles. The molecule has 110 valence electrons. The van der Waals surface area contributed by atoms with Crippen LogP contribution in [0.3, 0.4) is 0 Å². The predicted molar refractivity (Wildman–Crippen MR) is 84.4 cm³/mol. The van der Waals surface area contributed by atoms with Crippen LogP contribution in [-0.4, -0.2) is 6.61 Å². The molecule has 3 rings (SSSR count). The Balaban J connectivity index is 2.14. The molecule has 2 aliphatic rings. The van der Waals surface area contributed by atoms with Crippen molar-refractivity contribution in [1.29, 1.82) is 0 Å². The summed E-state index contributed by atoms with van der Waals surface area (Å²) in [6.07, 6.45) is 2.45. The van der Waals surface area contributed by atoms with Gasteiger partial charge in [0, 0.05) is 5.92 Å². The third kappa shape index (κ3) is 1.86. The number of hydrogen-bond donors (Lipinski definition) is 0. The Kier molecular flexibility index (Phi) is 3.44. The quantitative estimate of drug-likeness (QED) is 0.725. The van der Waals surface area contributed by atoms with Crippen molar-refractivity contribution in [3.63, 3.8) is 0 Å². The first kappa shape index (κ1) is 14.1. The zero-order valence-corrected chi connectivity index (χ0v) is 13.6. The second-order valence-corrected chi connectivity index (χ2v) is 7.28. The van der Waals surface area contributed by atoms with E-state index in [0.717, 1.165) is 19.1 Å². The van der Waals surface area contributed by atoms with Crippen molar-refractivity contribution in [2.24, 2.45) is 5.92 Å². The first-order valence-electron chi connectivity index (χ1n) is 8.25. The summed E-state index contributed by atoms with van der Waals surface area (Å²) in [6, 6.07) is 5.00. The van der Waals surface area contributed by atoms with Gasteiger partial charge in [0.2, 0.25) is 0 Å². The summed E-state index contributed by atoms with van der Waals surface area (Å²) in [5, 5.41) is 0. The first-order chi connectivity index (χ1) is 9.50. The molecule has 20 heavy (non-hydrogen) atoms. The predicted octanol–water partition coefficient (Wildman–Crippen LogP) is 5.13. The molecule has 0 N–H and O–H groups in total. The summed E-state index contributed by atoms with van der Waals surface area (Å²) in [5.74, 6) is 2.05. The van der Waals surface area contributed by atoms with Gasteiger partial charge in [-0.2, -0.15) is 0 Å². The van der Waals surface area contributed by atoms with E-state index in [2.05, 4.69) is 46.8 Å². The summed E-state index contributed by atoms with van der Waals surface area (Å²) in [6.45, 7) is 13.6. The number of benzene rings is 1. The van der Waals surface area contributed by atoms with Gasteiger partial charge in [0.05, 0.1) is 13.2 Å². The van der Waals surface area contributed by atoms with Crippen LogP contribution >= 0.6 is 0 Å². The van der Waals surface area contributed by atoms with Gasteiger partial charge in [0.1, 0.15) is 0 Å². The van der Waals surface area contributed by atoms with Gasteiger partial charge in [-0.1, -0.05) is 53.2 Å². The monoisotopic (exact) mass is 272 g/mol. The van der Waals surface area contributed by atoms with Gasteiger partial charge in [0.25, 0.3) is 0 Å². The Morgan fingerprint density at radius 3 is 2.55 bits per heavy atom. The second kappa shape index (κ2) is 4.87. The largest absolute Gasteiger partial charge is 0.376 e. The van der Waals surface area contributed by atoms with E-state index in [-0.39, 0.29) is 0 Å². The summed E-state index contributed by atoms with van der Waals surface area (Å²) in [7, 11) is 0. The highest BCUT2D eigenvalue weighted by molar-refractivity contribution is 5.49. The highest BCUT2D eigenvalue weighted by Crippen LogP contribution is 2.53. The van der Waals surface area contributed by atoms with Crippen LogP contribution in [0.15, 0.2) is 12.1 Å². The molecule has 0 saturated heterocycles. The van der Waals surface area contributed by atoms with Crippen LogP contribution in [-0.2, 0) is 16.8 Å². The lowest BCUT2D eigenvalue weighted by Crippen LogP contribution is -2.25. The molecule has 1 heteroatoms. The molecule has 3 unspecified atom stereocenters. The fourth-order valence-corrected chi connectivity index (χ4v) is 4.76. The minimum absolute atomic E-state index is 0.303. The van der Waals surface area contributed by atoms with Gasteiger partial charge >= 0.3 is 0 Å². The molecule has 1 aliphatic carbocycles. The van der Waals surface area contributed by atoms with E-state index < -0.39 is 0 Å². The SMILES string of the molecule is CCC1COCc2cc3c(cc21)C(C)C(CC)C3(C)C. The number of rotatable bonds is 2. The maximum atomic E-state index is 5.81. The molecular formula is C19H28O. The van der Waals surface area contributed by atoms with Gasteiger partial charge in [-0.15, -0.1) is 0 Å². The summed E-state index contributed by atoms with van der Waals surface area (Å²) in [5.41, 5.74) is 6.50. The highest BCUT2D eigenvalue weighted by Gasteiger charge is 2.43. The topological polar surface area (TPSA) is 9.23 Å². The van der Waals surface area contributed by atoms with E-state index >= 15 is 0 Å². The molecule has 0 amide bonds. The van der Waals surface area contributed by atoms with Gasteiger partial charge in [0.15, 0.2) is 0 Å². The number of hydrogen-bond acceptors (Lipinski definition) is 1. The van der Waals surface area contributed by atoms with Crippen LogP contribution in [0.25, 0.3) is 0 Å². The molecule has 1 nitrogen and oxygen atoms in total. The first-order valence-corrected chi connectivity index (χ1v) is 8.25. The van der Waals surface area contributed by atoms with Crippen LogP contribution in [0.5, 0.6) is 0 Å². The lowest BCUT2D eigenvalue weighted by Gasteiger charge is -2.30. The van der Waals surface area contributed by atoms with Crippen LogP contribution in [0.2, 0.25) is 0 Å². The van der Waals surface area contributed by atoms with Gasteiger partial charge in [-0.05, 0) is 45.9 Å². The molecule has 0 spiro atoms. The Hall–Kier alpha value is -0.820. The van der Waals surface area contributed by atoms with Crippen molar-refractivity contribution < 1.29 is 4.74 Å². The van der Waals surface area contributed by atoms with Gasteiger partial charge in [-0.3, -0.25) is 0 Å². The molecule has 3 atom stereocenters. The van der Waals surface area contributed by atoms with E-state index in [0.29, 0.717) is 17.3 Å². The third-order valence-corrected chi connectivity index (χ3v) is 5.98. The van der Waals surface area contributed by atoms with Crippen LogP contribution in [0, 0.1) is 5.92 Å². The van der Waals surface area contributed by atoms with Crippen molar-refractivity contribution in [1.82, 2.24) is 0 Å². The lowest BCUT2D eigenvalue weighted by molar-refractivity contribution is 0.0898. The standard InChI is InChI=1S/C19H28O/c1-6-13-10-20-11-14-8-18-15(9-16(13)14)12(3)17(7-2)19(18,4)5/h8-9,12-13,17H,6-7,10-11H2,1-5H3. The molecule has 0 aromatic heterocycles. The molecular weight excluding hydrogens is 244 g/mol. The lowest BCUT2D eigenvalue weighted by atomic mass is 9.74. The second-order valence-electron chi connectivity index (χ2n) is 7.28. The maximum Gasteiger partial charge on any atom is 0.0720 e. The van der Waals surface area contributed by atoms with Crippen LogP contribution in [0.1, 0.15) is 81.5 Å². The van der Waals surface area contributed by atoms with Gasteiger partial charge in [-0.25, -0.2) is 0 Å². The number of ether oxygens (including phenoxy) is 1. The number of fused-ring (bicyclic) bond motifs is 2. The van der Waals surface area contributed by atoms with E-state index in [1.54, 1.807) is 16.7 Å². The minimum atomic E-state index is 0.303. The van der Waals surface area contributed by atoms with E-state index in [1.807, 2.05) is 0 Å². The van der Waals surface area contributed by atoms with E-state index in [1.165, 1.54) is 18.4 Å². The molecule has 1 heterocycles. The Bertz CT molecular complexity index is 515. The van der Waals surface area contributed by atoms with Crippen molar-refractivity contribution >= 4 is 0 Å². The third-order valence-electron chi connectivity index (χ3n) is 5.98. The van der Waals surface area contributed by atoms with E-state index in [9.17, 15) is 0 Å². The molecule has 1 aliphatic heterocycles. The maximum absolute atomic E-state index is 5.81. The highest BCUT2D eigenvalue weighted by atomic mass is 16.5. The fraction of sp³-hybridized carbons (Fsp3) is 0.684. The fourth-order valence-electron chi connectivity index (χ4n) is 4.76. The smallest absolute Gasteiger partial charge is 0.0720 e. The average molecular weight is 272 g/mol. The normalized spacial score (nSPS) is 30.9. The van der Waals surface area contributed by atoms with E-state index in [4.69, 9.17) is 4.74 Å². The Morgan fingerprint density at radius 1 is 1.15 bits per heavy atom. The Morgan fingerprint density at radius 2 is 1.90 bits per heavy atom. The van der Waals surface area contributed by atoms with Crippen molar-refractivity contribution in [2.45, 2.75) is 71.3 Å². The zero-order valence-electron chi connectivity index (χ0n) is 13.6. The van der Waals surface area contributed by atoms with Crippen molar-refractivity contribution in [3.8, 4) is 0 Å². The molecule has 0 saturated carbocycles. The zero-order chi connectivity index (χ0) is 14.5. The Labute approximate surface area is 123 Å². The van der Waals surface area contributed by atoms with Crippen molar-refractivity contribution in [3.05, 3.63) is 34.4 Å². The van der Waals surface area contributed by atoms with Crippen LogP contribution < -0.4 is 0 Å². The van der Waals surface area contributed by atoms with Gasteiger partial charge < -0.3 is 4.74 Å². The summed E-state index contributed by atoms with van der Waals surface area (Å²) >= 11 is 0. The van der Waals surface area contributed by atoms with Crippen molar-refractivity contribution in [2.75, 3.05) is 6.61 Å². The molecule has 0 bridgehead atoms. The molecule has 1 aromatic rings. The van der Waals surface area contributed by atoms with Crippen LogP contribution in [0.4, 0.5) is 0 Å².